The normalized spacial score (nSPS) is 15.0. The largest absolute Gasteiger partial charge is 0.314 e. The average Bonchev–Trinajstić information content (AvgIpc) is 3.86. The number of aromatic nitrogens is 2. The first-order chi connectivity index (χ1) is 35.5. The summed E-state index contributed by atoms with van der Waals surface area (Å²) in [4.78, 5) is 5.36. The van der Waals surface area contributed by atoms with Crippen LogP contribution in [0.25, 0.3) is 117 Å². The highest BCUT2D eigenvalue weighted by molar-refractivity contribution is 6.22. The third-order valence-corrected chi connectivity index (χ3v) is 14.9. The molecule has 2 aliphatic rings. The van der Waals surface area contributed by atoms with Crippen LogP contribution in [0.5, 0.6) is 0 Å². The topological polar surface area (TPSA) is 17.8 Å². The Morgan fingerprint density at radius 2 is 0.806 bits per heavy atom. The van der Waals surface area contributed by atoms with Gasteiger partial charge in [0.15, 0.2) is 0 Å². The molecule has 1 heterocycles. The molecule has 0 N–H and O–H groups in total. The van der Waals surface area contributed by atoms with Gasteiger partial charge in [-0.3, -0.25) is 0 Å². The van der Waals surface area contributed by atoms with Crippen LogP contribution in [0.3, 0.4) is 0 Å². The van der Waals surface area contributed by atoms with Gasteiger partial charge in [-0.2, -0.15) is 0 Å². The van der Waals surface area contributed by atoms with Gasteiger partial charge in [0.25, 0.3) is 0 Å². The molecule has 2 heteroatoms. The molecular weight excluding hydrogens is 869 g/mol. The summed E-state index contributed by atoms with van der Waals surface area (Å²) < 4.78 is 2.48. The molecule has 0 saturated heterocycles. The maximum atomic E-state index is 5.36. The van der Waals surface area contributed by atoms with Gasteiger partial charge in [0.1, 0.15) is 5.82 Å². The Labute approximate surface area is 422 Å². The van der Waals surface area contributed by atoms with Gasteiger partial charge in [0.05, 0.1) is 16.9 Å². The Kier molecular flexibility index (Phi) is 10.9. The van der Waals surface area contributed by atoms with E-state index in [0.29, 0.717) is 0 Å². The second kappa shape index (κ2) is 18.2. The van der Waals surface area contributed by atoms with Crippen molar-refractivity contribution in [3.63, 3.8) is 0 Å². The minimum atomic E-state index is -0.207. The maximum absolute atomic E-state index is 5.36. The van der Waals surface area contributed by atoms with E-state index in [0.717, 1.165) is 36.2 Å². The second-order valence-corrected chi connectivity index (χ2v) is 19.6. The summed E-state index contributed by atoms with van der Waals surface area (Å²) in [7, 11) is 0. The second-order valence-electron chi connectivity index (χ2n) is 19.6. The smallest absolute Gasteiger partial charge is 0.141 e. The summed E-state index contributed by atoms with van der Waals surface area (Å²) in [6.07, 6.45) is 16.4. The van der Waals surface area contributed by atoms with Gasteiger partial charge in [-0.1, -0.05) is 212 Å². The number of benzene rings is 10. The zero-order valence-electron chi connectivity index (χ0n) is 40.3. The highest BCUT2D eigenvalue weighted by Gasteiger charge is 2.31. The van der Waals surface area contributed by atoms with Gasteiger partial charge in [-0.05, 0) is 174 Å². The van der Waals surface area contributed by atoms with Crippen molar-refractivity contribution in [2.75, 3.05) is 0 Å². The molecule has 0 bridgehead atoms. The van der Waals surface area contributed by atoms with E-state index >= 15 is 0 Å². The van der Waals surface area contributed by atoms with Crippen molar-refractivity contribution in [1.82, 2.24) is 9.55 Å². The predicted octanol–water partition coefficient (Wildman–Crippen LogP) is 18.7. The van der Waals surface area contributed by atoms with Crippen molar-refractivity contribution < 1.29 is 0 Å². The van der Waals surface area contributed by atoms with Crippen molar-refractivity contribution in [3.8, 4) is 89.3 Å². The highest BCUT2D eigenvalue weighted by Crippen LogP contribution is 2.48. The molecule has 72 heavy (non-hydrogen) atoms. The molecule has 13 rings (SSSR count). The summed E-state index contributed by atoms with van der Waals surface area (Å²) in [5.41, 5.74) is 20.0. The third kappa shape index (κ3) is 7.82. The predicted molar refractivity (Wildman–Crippen MR) is 305 cm³/mol. The Bertz CT molecular complexity index is 3800. The maximum Gasteiger partial charge on any atom is 0.141 e. The van der Waals surface area contributed by atoms with Gasteiger partial charge in [0, 0.05) is 5.56 Å². The molecule has 2 nitrogen and oxygen atoms in total. The minimum absolute atomic E-state index is 0.207. The van der Waals surface area contributed by atoms with Crippen molar-refractivity contribution in [3.05, 3.63) is 266 Å². The van der Waals surface area contributed by atoms with Crippen LogP contribution in [-0.2, 0) is 12.0 Å². The summed E-state index contributed by atoms with van der Waals surface area (Å²) in [5, 5.41) is 4.86. The van der Waals surface area contributed by atoms with E-state index in [1.807, 2.05) is 0 Å². The first kappa shape index (κ1) is 43.2. The van der Waals surface area contributed by atoms with Crippen LogP contribution < -0.4 is 0 Å². The Hall–Kier alpha value is -8.85. The first-order valence-electron chi connectivity index (χ1n) is 25.3. The van der Waals surface area contributed by atoms with Crippen molar-refractivity contribution >= 4 is 27.6 Å². The van der Waals surface area contributed by atoms with Crippen LogP contribution in [0.2, 0.25) is 0 Å². The number of allylic oxidation sites excluding steroid dienone is 5. The van der Waals surface area contributed by atoms with E-state index in [-0.39, 0.29) is 5.54 Å². The SMILES string of the molecule is CC1(n2c(-c3ccc(-c4ccc5c(-c6cc(-c7ccccc7)cc(-c7ccccc7)c6)c6ccccc6c(-c6cc(-c7ccccc7)cc(-c7ccccc7)c6)c5c4)cc3)nc3c2C=CCC3)C=CC=CC1. The van der Waals surface area contributed by atoms with Gasteiger partial charge >= 0.3 is 0 Å². The first-order valence-corrected chi connectivity index (χ1v) is 25.3. The lowest BCUT2D eigenvalue weighted by Crippen LogP contribution is -2.30. The molecule has 11 aromatic rings. The molecule has 2 aliphatic carbocycles. The zero-order valence-corrected chi connectivity index (χ0v) is 40.3. The fourth-order valence-electron chi connectivity index (χ4n) is 11.4. The highest BCUT2D eigenvalue weighted by atomic mass is 15.2. The molecule has 0 saturated carbocycles. The molecule has 0 amide bonds. The van der Waals surface area contributed by atoms with Crippen LogP contribution >= 0.6 is 0 Å². The van der Waals surface area contributed by atoms with E-state index < -0.39 is 0 Å². The van der Waals surface area contributed by atoms with Crippen molar-refractivity contribution in [2.24, 2.45) is 0 Å². The number of imidazole rings is 1. The van der Waals surface area contributed by atoms with Crippen LogP contribution in [-0.4, -0.2) is 9.55 Å². The molecule has 342 valence electrons. The van der Waals surface area contributed by atoms with E-state index in [9.17, 15) is 0 Å². The fraction of sp³-hybridized carbons (Fsp3) is 0.0714. The van der Waals surface area contributed by atoms with Gasteiger partial charge in [0.2, 0.25) is 0 Å². The molecule has 0 radical (unpaired) electrons. The molecule has 10 aromatic carbocycles. The zero-order chi connectivity index (χ0) is 48.0. The summed E-state index contributed by atoms with van der Waals surface area (Å²) in [5.74, 6) is 1.03. The minimum Gasteiger partial charge on any atom is -0.314 e. The Balaban J connectivity index is 1.06. The van der Waals surface area contributed by atoms with Gasteiger partial charge < -0.3 is 4.57 Å². The van der Waals surface area contributed by atoms with Crippen molar-refractivity contribution in [2.45, 2.75) is 31.7 Å². The lowest BCUT2D eigenvalue weighted by Gasteiger charge is -2.32. The van der Waals surface area contributed by atoms with Crippen LogP contribution in [0.1, 0.15) is 31.2 Å². The van der Waals surface area contributed by atoms with Crippen molar-refractivity contribution in [1.29, 1.82) is 0 Å². The van der Waals surface area contributed by atoms with Crippen LogP contribution in [0.4, 0.5) is 0 Å². The number of rotatable bonds is 9. The van der Waals surface area contributed by atoms with E-state index in [1.165, 1.54) is 105 Å². The quantitative estimate of drug-likeness (QED) is 0.132. The number of fused-ring (bicyclic) bond motifs is 3. The standard InChI is InChI=1S/C70H52N2/c1-70(39-19-6-20-40-70)72-66-32-18-17-31-65(66)71-69(72)53-35-33-52(34-36-53)54-37-38-63-64(47-54)68(60-45-57(50-25-11-4-12-26-50)42-58(46-60)51-27-13-5-14-28-51)62-30-16-15-29-61(62)67(63)59-43-55(48-21-7-2-8-22-48)41-56(44-59)49-23-9-3-10-24-49/h2-16,18-30,32-39,41-47H,17,31,40H2,1H3. The van der Waals surface area contributed by atoms with E-state index in [2.05, 4.69) is 272 Å². The molecule has 0 spiro atoms. The lowest BCUT2D eigenvalue weighted by molar-refractivity contribution is 0.412. The van der Waals surface area contributed by atoms with Gasteiger partial charge in [-0.15, -0.1) is 0 Å². The van der Waals surface area contributed by atoms with E-state index in [1.54, 1.807) is 0 Å². The number of hydrogen-bond acceptors (Lipinski definition) is 1. The summed E-state index contributed by atoms with van der Waals surface area (Å²) in [6.45, 7) is 2.33. The Morgan fingerprint density at radius 1 is 0.375 bits per heavy atom. The average molecular weight is 921 g/mol. The summed E-state index contributed by atoms with van der Waals surface area (Å²) >= 11 is 0. The monoisotopic (exact) mass is 920 g/mol. The molecule has 0 aliphatic heterocycles. The van der Waals surface area contributed by atoms with E-state index in [4.69, 9.17) is 4.98 Å². The lowest BCUT2D eigenvalue weighted by atomic mass is 9.82. The molecule has 0 fully saturated rings. The molecule has 1 atom stereocenters. The van der Waals surface area contributed by atoms with Gasteiger partial charge in [-0.25, -0.2) is 4.98 Å². The summed E-state index contributed by atoms with van der Waals surface area (Å²) in [6, 6.07) is 82.9. The van der Waals surface area contributed by atoms with Crippen LogP contribution in [0, 0.1) is 0 Å². The number of aryl methyl sites for hydroxylation is 1. The number of hydrogen-bond donors (Lipinski definition) is 0. The number of nitrogens with zero attached hydrogens (tertiary/aromatic N) is 2. The van der Waals surface area contributed by atoms with Crippen LogP contribution in [0.15, 0.2) is 255 Å². The fourth-order valence-corrected chi connectivity index (χ4v) is 11.4. The molecular formula is C70H52N2. The molecule has 1 aromatic heterocycles. The third-order valence-electron chi connectivity index (χ3n) is 14.9. The Morgan fingerprint density at radius 3 is 1.31 bits per heavy atom. The molecule has 1 unspecified atom stereocenters.